The predicted octanol–water partition coefficient (Wildman–Crippen LogP) is 4.46. The summed E-state index contributed by atoms with van der Waals surface area (Å²) < 4.78 is 1.13. The van der Waals surface area contributed by atoms with E-state index in [2.05, 4.69) is 57.3 Å². The van der Waals surface area contributed by atoms with Gasteiger partial charge in [-0.05, 0) is 24.4 Å². The molecule has 0 N–H and O–H groups in total. The zero-order valence-corrected chi connectivity index (χ0v) is 10.5. The largest absolute Gasteiger partial charge is 0.252 e. The molecule has 0 saturated carbocycles. The van der Waals surface area contributed by atoms with Crippen LogP contribution in [0.2, 0.25) is 0 Å². The lowest BCUT2D eigenvalue weighted by Crippen LogP contribution is -1.85. The fourth-order valence-electron chi connectivity index (χ4n) is 2.01. The molecule has 16 heavy (non-hydrogen) atoms. The number of hydrogen-bond acceptors (Lipinski definition) is 1. The molecule has 2 aromatic carbocycles. The molecule has 0 aliphatic carbocycles. The first kappa shape index (κ1) is 9.79. The monoisotopic (exact) mass is 271 g/mol. The van der Waals surface area contributed by atoms with E-state index in [1.807, 2.05) is 13.0 Å². The molecule has 1 heterocycles. The van der Waals surface area contributed by atoms with Crippen LogP contribution in [0.25, 0.3) is 21.7 Å². The number of hydrogen-bond donors (Lipinski definition) is 0. The van der Waals surface area contributed by atoms with Gasteiger partial charge in [-0.2, -0.15) is 0 Å². The summed E-state index contributed by atoms with van der Waals surface area (Å²) in [6.07, 6.45) is 0. The van der Waals surface area contributed by atoms with Crippen LogP contribution in [0, 0.1) is 6.92 Å². The molecule has 78 valence electrons. The summed E-state index contributed by atoms with van der Waals surface area (Å²) in [4.78, 5) is 4.62. The van der Waals surface area contributed by atoms with Crippen LogP contribution in [0.4, 0.5) is 0 Å². The van der Waals surface area contributed by atoms with Gasteiger partial charge in [0.05, 0.1) is 5.52 Å². The van der Waals surface area contributed by atoms with Gasteiger partial charge in [-0.1, -0.05) is 46.3 Å². The lowest BCUT2D eigenvalue weighted by molar-refractivity contribution is 1.26. The Morgan fingerprint density at radius 2 is 1.75 bits per heavy atom. The van der Waals surface area contributed by atoms with Gasteiger partial charge in [0.2, 0.25) is 0 Å². The molecular formula is C14H10BrN. The number of aryl methyl sites for hydroxylation is 1. The summed E-state index contributed by atoms with van der Waals surface area (Å²) in [5.74, 6) is 0. The highest BCUT2D eigenvalue weighted by atomic mass is 79.9. The van der Waals surface area contributed by atoms with Crippen molar-refractivity contribution < 1.29 is 0 Å². The second-order valence-corrected chi connectivity index (χ2v) is 4.78. The van der Waals surface area contributed by atoms with Gasteiger partial charge < -0.3 is 0 Å². The van der Waals surface area contributed by atoms with Crippen molar-refractivity contribution in [2.45, 2.75) is 6.92 Å². The third kappa shape index (κ3) is 1.41. The zero-order valence-electron chi connectivity index (χ0n) is 8.87. The maximum absolute atomic E-state index is 4.62. The first-order valence-corrected chi connectivity index (χ1v) is 5.99. The molecule has 0 aliphatic rings. The summed E-state index contributed by atoms with van der Waals surface area (Å²) >= 11 is 3.61. The number of rotatable bonds is 0. The Hall–Kier alpha value is -1.41. The van der Waals surface area contributed by atoms with E-state index >= 15 is 0 Å². The zero-order chi connectivity index (χ0) is 11.1. The van der Waals surface area contributed by atoms with Gasteiger partial charge in [0, 0.05) is 20.9 Å². The molecule has 0 spiro atoms. The molecule has 1 aromatic heterocycles. The van der Waals surface area contributed by atoms with Crippen molar-refractivity contribution in [2.75, 3.05) is 0 Å². The van der Waals surface area contributed by atoms with Crippen LogP contribution >= 0.6 is 15.9 Å². The summed E-state index contributed by atoms with van der Waals surface area (Å²) in [7, 11) is 0. The second-order valence-electron chi connectivity index (χ2n) is 3.93. The van der Waals surface area contributed by atoms with E-state index in [0.717, 1.165) is 15.7 Å². The molecule has 0 saturated heterocycles. The summed E-state index contributed by atoms with van der Waals surface area (Å²) in [6.45, 7) is 2.02. The Morgan fingerprint density at radius 3 is 2.56 bits per heavy atom. The van der Waals surface area contributed by atoms with Crippen LogP contribution in [0.3, 0.4) is 0 Å². The van der Waals surface area contributed by atoms with Gasteiger partial charge in [0.25, 0.3) is 0 Å². The van der Waals surface area contributed by atoms with Crippen LogP contribution in [0.15, 0.2) is 46.9 Å². The van der Waals surface area contributed by atoms with Crippen molar-refractivity contribution in [1.82, 2.24) is 4.98 Å². The van der Waals surface area contributed by atoms with E-state index < -0.39 is 0 Å². The smallest absolute Gasteiger partial charge is 0.0784 e. The van der Waals surface area contributed by atoms with E-state index in [0.29, 0.717) is 0 Å². The lowest BCUT2D eigenvalue weighted by Gasteiger charge is -2.06. The Morgan fingerprint density at radius 1 is 1.00 bits per heavy atom. The molecule has 1 nitrogen and oxygen atoms in total. The van der Waals surface area contributed by atoms with Crippen molar-refractivity contribution in [1.29, 1.82) is 0 Å². The molecule has 0 atom stereocenters. The highest BCUT2D eigenvalue weighted by molar-refractivity contribution is 9.10. The van der Waals surface area contributed by atoms with Crippen LogP contribution in [0.1, 0.15) is 5.69 Å². The summed E-state index contributed by atoms with van der Waals surface area (Å²) in [5, 5.41) is 3.60. The van der Waals surface area contributed by atoms with E-state index in [1.165, 1.54) is 16.2 Å². The number of pyridine rings is 1. The van der Waals surface area contributed by atoms with Gasteiger partial charge >= 0.3 is 0 Å². The fraction of sp³-hybridized carbons (Fsp3) is 0.0714. The normalized spacial score (nSPS) is 11.1. The number of nitrogens with zero attached hydrogens (tertiary/aromatic N) is 1. The Kier molecular flexibility index (Phi) is 2.18. The molecule has 0 unspecified atom stereocenters. The van der Waals surface area contributed by atoms with Crippen molar-refractivity contribution in [3.05, 3.63) is 52.6 Å². The number of fused-ring (bicyclic) bond motifs is 3. The van der Waals surface area contributed by atoms with Crippen molar-refractivity contribution in [3.8, 4) is 0 Å². The first-order chi connectivity index (χ1) is 7.75. The van der Waals surface area contributed by atoms with E-state index in [4.69, 9.17) is 0 Å². The molecule has 0 amide bonds. The molecular weight excluding hydrogens is 262 g/mol. The van der Waals surface area contributed by atoms with Gasteiger partial charge in [-0.15, -0.1) is 0 Å². The van der Waals surface area contributed by atoms with Crippen molar-refractivity contribution in [3.63, 3.8) is 0 Å². The van der Waals surface area contributed by atoms with Crippen molar-refractivity contribution >= 4 is 37.6 Å². The van der Waals surface area contributed by atoms with Crippen LogP contribution in [0.5, 0.6) is 0 Å². The molecule has 0 radical (unpaired) electrons. The SMILES string of the molecule is Cc1ccc2cc(Br)c3ccccc3c2n1. The summed E-state index contributed by atoms with van der Waals surface area (Å²) in [6, 6.07) is 14.6. The average molecular weight is 272 g/mol. The third-order valence-electron chi connectivity index (χ3n) is 2.79. The maximum Gasteiger partial charge on any atom is 0.0784 e. The molecule has 3 aromatic rings. The van der Waals surface area contributed by atoms with Gasteiger partial charge in [-0.25, -0.2) is 0 Å². The first-order valence-electron chi connectivity index (χ1n) is 5.20. The predicted molar refractivity (Wildman–Crippen MR) is 71.7 cm³/mol. The van der Waals surface area contributed by atoms with Crippen LogP contribution in [-0.2, 0) is 0 Å². The summed E-state index contributed by atoms with van der Waals surface area (Å²) in [5.41, 5.74) is 2.14. The highest BCUT2D eigenvalue weighted by Crippen LogP contribution is 2.30. The minimum absolute atomic E-state index is 1.06. The minimum Gasteiger partial charge on any atom is -0.252 e. The quantitative estimate of drug-likeness (QED) is 0.550. The molecule has 2 heteroatoms. The Labute approximate surface area is 102 Å². The fourth-order valence-corrected chi connectivity index (χ4v) is 2.60. The second kappa shape index (κ2) is 3.56. The average Bonchev–Trinajstić information content (AvgIpc) is 2.31. The Balaban J connectivity index is 2.61. The standard InChI is InChI=1S/C14H10BrN/c1-9-6-7-10-8-13(15)11-4-2-3-5-12(11)14(10)16-9/h2-8H,1H3. The van der Waals surface area contributed by atoms with Crippen molar-refractivity contribution in [2.24, 2.45) is 0 Å². The van der Waals surface area contributed by atoms with E-state index in [1.54, 1.807) is 0 Å². The Bertz CT molecular complexity index is 689. The van der Waals surface area contributed by atoms with Gasteiger partial charge in [0.15, 0.2) is 0 Å². The van der Waals surface area contributed by atoms with Crippen LogP contribution < -0.4 is 0 Å². The lowest BCUT2D eigenvalue weighted by atomic mass is 10.1. The number of aromatic nitrogens is 1. The third-order valence-corrected chi connectivity index (χ3v) is 3.44. The topological polar surface area (TPSA) is 12.9 Å². The van der Waals surface area contributed by atoms with Gasteiger partial charge in [-0.3, -0.25) is 4.98 Å². The molecule has 0 bridgehead atoms. The molecule has 3 rings (SSSR count). The van der Waals surface area contributed by atoms with Gasteiger partial charge in [0.1, 0.15) is 0 Å². The number of benzene rings is 2. The highest BCUT2D eigenvalue weighted by Gasteiger charge is 2.05. The number of halogens is 1. The molecule has 0 fully saturated rings. The van der Waals surface area contributed by atoms with E-state index in [9.17, 15) is 0 Å². The molecule has 0 aliphatic heterocycles. The maximum atomic E-state index is 4.62. The van der Waals surface area contributed by atoms with Crippen LogP contribution in [-0.4, -0.2) is 4.98 Å². The van der Waals surface area contributed by atoms with E-state index in [-0.39, 0.29) is 0 Å². The minimum atomic E-state index is 1.06.